The number of alkyl halides is 2. The second-order valence-corrected chi connectivity index (χ2v) is 6.21. The van der Waals surface area contributed by atoms with Crippen molar-refractivity contribution >= 4 is 11.7 Å². The van der Waals surface area contributed by atoms with Crippen molar-refractivity contribution in [3.05, 3.63) is 17.7 Å². The van der Waals surface area contributed by atoms with Gasteiger partial charge in [-0.2, -0.15) is 0 Å². The van der Waals surface area contributed by atoms with Gasteiger partial charge in [-0.3, -0.25) is 0 Å². The van der Waals surface area contributed by atoms with Crippen LogP contribution >= 0.6 is 0 Å². The Morgan fingerprint density at radius 1 is 1.27 bits per heavy atom. The van der Waals surface area contributed by atoms with Crippen LogP contribution < -0.4 is 15.2 Å². The van der Waals surface area contributed by atoms with Crippen LogP contribution in [-0.4, -0.2) is 56.7 Å². The van der Waals surface area contributed by atoms with Crippen LogP contribution in [0.2, 0.25) is 0 Å². The van der Waals surface area contributed by atoms with E-state index in [1.54, 1.807) is 6.92 Å². The number of likely N-dealkylation sites (tertiary alicyclic amines) is 1. The molecule has 0 atom stereocenters. The maximum absolute atomic E-state index is 13.1. The first kappa shape index (κ1) is 20.2. The average molecular weight is 372 g/mol. The Kier molecular flexibility index (Phi) is 7.02. The summed E-state index contributed by atoms with van der Waals surface area (Å²) in [6.07, 6.45) is 0.509. The van der Waals surface area contributed by atoms with E-state index in [-0.39, 0.29) is 30.7 Å². The number of benzene rings is 1. The molecule has 26 heavy (non-hydrogen) atoms. The van der Waals surface area contributed by atoms with E-state index in [0.29, 0.717) is 44.2 Å². The van der Waals surface area contributed by atoms with Gasteiger partial charge in [0.15, 0.2) is 11.5 Å². The van der Waals surface area contributed by atoms with Crippen molar-refractivity contribution < 1.29 is 27.8 Å². The largest absolute Gasteiger partial charge is 0.493 e. The van der Waals surface area contributed by atoms with E-state index >= 15 is 0 Å². The van der Waals surface area contributed by atoms with E-state index in [2.05, 4.69) is 0 Å². The Balaban J connectivity index is 1.87. The number of nitrogens with two attached hydrogens (primary N) is 1. The highest BCUT2D eigenvalue weighted by atomic mass is 19.3. The molecule has 0 aromatic heterocycles. The number of hydrogen-bond donors (Lipinski definition) is 1. The fourth-order valence-electron chi connectivity index (χ4n) is 2.81. The maximum Gasteiger partial charge on any atom is 0.340 e. The monoisotopic (exact) mass is 372 g/mol. The summed E-state index contributed by atoms with van der Waals surface area (Å²) in [5.41, 5.74) is 6.38. The lowest BCUT2D eigenvalue weighted by Crippen LogP contribution is -2.40. The minimum atomic E-state index is -2.53. The van der Waals surface area contributed by atoms with Crippen molar-refractivity contribution in [3.63, 3.8) is 0 Å². The van der Waals surface area contributed by atoms with E-state index in [1.807, 2.05) is 4.90 Å². The second kappa shape index (κ2) is 9.02. The first-order chi connectivity index (χ1) is 12.4. The molecule has 1 saturated heterocycles. The molecule has 0 bridgehead atoms. The molecule has 1 aliphatic rings. The van der Waals surface area contributed by atoms with Gasteiger partial charge in [-0.15, -0.1) is 0 Å². The Morgan fingerprint density at radius 3 is 2.58 bits per heavy atom. The molecule has 8 heteroatoms. The van der Waals surface area contributed by atoms with Gasteiger partial charge in [0.25, 0.3) is 5.92 Å². The summed E-state index contributed by atoms with van der Waals surface area (Å²) in [5, 5.41) is 0. The first-order valence-corrected chi connectivity index (χ1v) is 8.74. The number of carbonyl (C=O) groups is 1. The molecule has 2 rings (SSSR count). The van der Waals surface area contributed by atoms with Crippen LogP contribution in [0.15, 0.2) is 12.1 Å². The molecule has 146 valence electrons. The summed E-state index contributed by atoms with van der Waals surface area (Å²) < 4.78 is 42.2. The molecule has 0 amide bonds. The number of hydrogen-bond acceptors (Lipinski definition) is 6. The third-order valence-corrected chi connectivity index (χ3v) is 4.29. The number of ether oxygens (including phenoxy) is 3. The second-order valence-electron chi connectivity index (χ2n) is 6.21. The molecule has 0 saturated carbocycles. The van der Waals surface area contributed by atoms with E-state index < -0.39 is 11.9 Å². The Labute approximate surface area is 152 Å². The minimum absolute atomic E-state index is 0.0897. The van der Waals surface area contributed by atoms with Gasteiger partial charge in [0.1, 0.15) is 0 Å². The zero-order chi connectivity index (χ0) is 19.2. The van der Waals surface area contributed by atoms with Gasteiger partial charge >= 0.3 is 5.97 Å². The fraction of sp³-hybridized carbons (Fsp3) is 0.611. The number of nitrogen functional groups attached to an aromatic ring is 1. The number of nitrogens with zero attached hydrogens (tertiary/aromatic N) is 1. The van der Waals surface area contributed by atoms with Crippen LogP contribution in [0.4, 0.5) is 14.5 Å². The summed E-state index contributed by atoms with van der Waals surface area (Å²) in [5.74, 6) is -2.22. The number of piperidine rings is 1. The van der Waals surface area contributed by atoms with Gasteiger partial charge in [0.05, 0.1) is 31.6 Å². The zero-order valence-electron chi connectivity index (χ0n) is 15.2. The van der Waals surface area contributed by atoms with Gasteiger partial charge in [0.2, 0.25) is 0 Å². The lowest BCUT2D eigenvalue weighted by atomic mass is 10.1. The molecular formula is C18H26F2N2O4. The molecule has 1 heterocycles. The highest BCUT2D eigenvalue weighted by Gasteiger charge is 2.33. The average Bonchev–Trinajstić information content (AvgIpc) is 2.60. The molecule has 1 fully saturated rings. The predicted octanol–water partition coefficient (Wildman–Crippen LogP) is 2.95. The van der Waals surface area contributed by atoms with Crippen LogP contribution in [0.5, 0.6) is 11.5 Å². The van der Waals surface area contributed by atoms with Crippen molar-refractivity contribution in [2.24, 2.45) is 0 Å². The molecule has 0 radical (unpaired) electrons. The van der Waals surface area contributed by atoms with Crippen LogP contribution in [-0.2, 0) is 4.74 Å². The molecule has 1 aromatic rings. The molecule has 0 unspecified atom stereocenters. The number of methoxy groups -OCH3 is 1. The molecule has 1 aliphatic heterocycles. The third-order valence-electron chi connectivity index (χ3n) is 4.29. The predicted molar refractivity (Wildman–Crippen MR) is 94.1 cm³/mol. The molecular weight excluding hydrogens is 346 g/mol. The van der Waals surface area contributed by atoms with Crippen molar-refractivity contribution in [2.45, 2.75) is 32.1 Å². The summed E-state index contributed by atoms with van der Waals surface area (Å²) in [7, 11) is 1.47. The normalized spacial score (nSPS) is 16.9. The standard InChI is InChI=1S/C18H26F2N2O4/c1-3-25-17(23)13-11-15(24-2)16(12-14(13)21)26-10-4-7-22-8-5-18(19,20)6-9-22/h11-12H,3-10,21H2,1-2H3. The number of carbonyl (C=O) groups excluding carboxylic acids is 1. The summed E-state index contributed by atoms with van der Waals surface area (Å²) >= 11 is 0. The van der Waals surface area contributed by atoms with Crippen LogP contribution in [0, 0.1) is 0 Å². The first-order valence-electron chi connectivity index (χ1n) is 8.74. The quantitative estimate of drug-likeness (QED) is 0.430. The van der Waals surface area contributed by atoms with E-state index in [0.717, 1.165) is 0 Å². The third kappa shape index (κ3) is 5.45. The van der Waals surface area contributed by atoms with Gasteiger partial charge < -0.3 is 24.8 Å². The lowest BCUT2D eigenvalue weighted by Gasteiger charge is -2.31. The fourth-order valence-corrected chi connectivity index (χ4v) is 2.81. The number of halogens is 2. The minimum Gasteiger partial charge on any atom is -0.493 e. The maximum atomic E-state index is 13.1. The van der Waals surface area contributed by atoms with E-state index in [9.17, 15) is 13.6 Å². The van der Waals surface area contributed by atoms with Gasteiger partial charge in [-0.05, 0) is 13.3 Å². The zero-order valence-corrected chi connectivity index (χ0v) is 15.2. The molecule has 2 N–H and O–H groups in total. The van der Waals surface area contributed by atoms with Crippen LogP contribution in [0.1, 0.15) is 36.5 Å². The Morgan fingerprint density at radius 2 is 1.96 bits per heavy atom. The Bertz CT molecular complexity index is 615. The summed E-state index contributed by atoms with van der Waals surface area (Å²) in [6.45, 7) is 3.85. The number of esters is 1. The van der Waals surface area contributed by atoms with Gasteiger partial charge in [-0.25, -0.2) is 13.6 Å². The number of anilines is 1. The van der Waals surface area contributed by atoms with Crippen molar-refractivity contribution in [1.29, 1.82) is 0 Å². The number of rotatable bonds is 8. The summed E-state index contributed by atoms with van der Waals surface area (Å²) in [4.78, 5) is 13.9. The van der Waals surface area contributed by atoms with E-state index in [1.165, 1.54) is 19.2 Å². The van der Waals surface area contributed by atoms with Gasteiger partial charge in [0, 0.05) is 44.6 Å². The van der Waals surface area contributed by atoms with Crippen molar-refractivity contribution in [3.8, 4) is 11.5 Å². The lowest BCUT2D eigenvalue weighted by molar-refractivity contribution is -0.0554. The topological polar surface area (TPSA) is 74.0 Å². The molecule has 6 nitrogen and oxygen atoms in total. The van der Waals surface area contributed by atoms with E-state index in [4.69, 9.17) is 19.9 Å². The molecule has 0 spiro atoms. The van der Waals surface area contributed by atoms with Gasteiger partial charge in [-0.1, -0.05) is 0 Å². The van der Waals surface area contributed by atoms with Crippen LogP contribution in [0.3, 0.4) is 0 Å². The highest BCUT2D eigenvalue weighted by Crippen LogP contribution is 2.33. The molecule has 0 aliphatic carbocycles. The van der Waals surface area contributed by atoms with Crippen molar-refractivity contribution in [2.75, 3.05) is 45.7 Å². The molecule has 1 aromatic carbocycles. The van der Waals surface area contributed by atoms with Crippen LogP contribution in [0.25, 0.3) is 0 Å². The SMILES string of the molecule is CCOC(=O)c1cc(OC)c(OCCCN2CCC(F)(F)CC2)cc1N. The van der Waals surface area contributed by atoms with Crippen molar-refractivity contribution in [1.82, 2.24) is 4.90 Å². The highest BCUT2D eigenvalue weighted by molar-refractivity contribution is 5.96. The Hall–Kier alpha value is -2.09. The summed E-state index contributed by atoms with van der Waals surface area (Å²) in [6, 6.07) is 3.03. The smallest absolute Gasteiger partial charge is 0.340 e.